The number of alkyl halides is 3. The van der Waals surface area contributed by atoms with Crippen LogP contribution in [0.5, 0.6) is 0 Å². The van der Waals surface area contributed by atoms with E-state index in [0.29, 0.717) is 48.3 Å². The summed E-state index contributed by atoms with van der Waals surface area (Å²) in [5.74, 6) is 1.000. The Labute approximate surface area is 229 Å². The van der Waals surface area contributed by atoms with E-state index in [-0.39, 0.29) is 12.6 Å². The van der Waals surface area contributed by atoms with Crippen LogP contribution in [-0.2, 0) is 17.5 Å². The lowest BCUT2D eigenvalue weighted by atomic mass is 10.1. The standard InChI is InChI=1S/C28H30F3N7O2/c29-28(30,31)20-5-3-19(4-6-20)16-37-18-32-24-25(34-27(35-26(24)37)38-11-1-2-23(38)17-39)33-21-7-9-22(10-8-21)36-12-14-40-15-13-36/h3-10,18,23,39H,1-2,11-17H2,(H,33,34,35). The number of ether oxygens (including phenoxy) is 1. The third-order valence-electron chi connectivity index (χ3n) is 7.44. The van der Waals surface area contributed by atoms with Crippen molar-refractivity contribution in [3.05, 3.63) is 66.0 Å². The van der Waals surface area contributed by atoms with Crippen LogP contribution in [0.1, 0.15) is 24.0 Å². The summed E-state index contributed by atoms with van der Waals surface area (Å²) in [4.78, 5) is 18.5. The fraction of sp³-hybridized carbons (Fsp3) is 0.393. The van der Waals surface area contributed by atoms with Crippen molar-refractivity contribution in [2.75, 3.05) is 54.6 Å². The molecule has 2 fully saturated rings. The van der Waals surface area contributed by atoms with Gasteiger partial charge in [0.1, 0.15) is 0 Å². The molecule has 0 amide bonds. The van der Waals surface area contributed by atoms with Crippen molar-refractivity contribution in [2.24, 2.45) is 0 Å². The fourth-order valence-electron chi connectivity index (χ4n) is 5.26. The monoisotopic (exact) mass is 553 g/mol. The molecule has 2 aromatic carbocycles. The first-order chi connectivity index (χ1) is 19.4. The van der Waals surface area contributed by atoms with Crippen molar-refractivity contribution in [3.8, 4) is 0 Å². The Bertz CT molecular complexity index is 1450. The highest BCUT2D eigenvalue weighted by Gasteiger charge is 2.30. The summed E-state index contributed by atoms with van der Waals surface area (Å²) in [6.45, 7) is 4.13. The fourth-order valence-corrected chi connectivity index (χ4v) is 5.26. The predicted molar refractivity (Wildman–Crippen MR) is 146 cm³/mol. The summed E-state index contributed by atoms with van der Waals surface area (Å²) in [5, 5.41) is 13.3. The van der Waals surface area contributed by atoms with E-state index >= 15 is 0 Å². The minimum absolute atomic E-state index is 0.00201. The van der Waals surface area contributed by atoms with Gasteiger partial charge in [-0.1, -0.05) is 12.1 Å². The number of aliphatic hydroxyl groups is 1. The number of rotatable bonds is 7. The van der Waals surface area contributed by atoms with Gasteiger partial charge in [-0.15, -0.1) is 0 Å². The van der Waals surface area contributed by atoms with Crippen molar-refractivity contribution in [1.82, 2.24) is 19.5 Å². The first-order valence-electron chi connectivity index (χ1n) is 13.4. The number of hydrogen-bond donors (Lipinski definition) is 2. The summed E-state index contributed by atoms with van der Waals surface area (Å²) >= 11 is 0. The number of aromatic nitrogens is 4. The molecule has 0 bridgehead atoms. The van der Waals surface area contributed by atoms with Gasteiger partial charge in [0.2, 0.25) is 5.95 Å². The molecule has 2 aromatic heterocycles. The molecule has 2 aliphatic heterocycles. The van der Waals surface area contributed by atoms with E-state index in [9.17, 15) is 18.3 Å². The second kappa shape index (κ2) is 10.9. The van der Waals surface area contributed by atoms with Gasteiger partial charge in [-0.2, -0.15) is 23.1 Å². The first kappa shape index (κ1) is 26.3. The average molecular weight is 554 g/mol. The van der Waals surface area contributed by atoms with Gasteiger partial charge in [0.05, 0.1) is 44.3 Å². The minimum atomic E-state index is -4.39. The van der Waals surface area contributed by atoms with Crippen LogP contribution in [-0.4, -0.2) is 70.1 Å². The third-order valence-corrected chi connectivity index (χ3v) is 7.44. The Morgan fingerprint density at radius 1 is 0.975 bits per heavy atom. The second-order valence-electron chi connectivity index (χ2n) is 10.1. The van der Waals surface area contributed by atoms with Gasteiger partial charge >= 0.3 is 6.18 Å². The number of nitrogens with one attached hydrogen (secondary N) is 1. The molecule has 210 valence electrons. The molecule has 12 heteroatoms. The zero-order valence-electron chi connectivity index (χ0n) is 21.8. The number of imidazole rings is 1. The van der Waals surface area contributed by atoms with Gasteiger partial charge in [0.15, 0.2) is 17.0 Å². The lowest BCUT2D eigenvalue weighted by Gasteiger charge is -2.29. The van der Waals surface area contributed by atoms with Crippen LogP contribution in [0, 0.1) is 0 Å². The van der Waals surface area contributed by atoms with Crippen LogP contribution < -0.4 is 15.1 Å². The molecular weight excluding hydrogens is 523 g/mol. The SMILES string of the molecule is OCC1CCCN1c1nc(Nc2ccc(N3CCOCC3)cc2)c2ncn(Cc3ccc(C(F)(F)F)cc3)c2n1. The van der Waals surface area contributed by atoms with Crippen LogP contribution in [0.4, 0.5) is 36.3 Å². The number of fused-ring (bicyclic) bond motifs is 1. The van der Waals surface area contributed by atoms with Gasteiger partial charge in [-0.25, -0.2) is 4.98 Å². The molecule has 1 unspecified atom stereocenters. The normalized spacial score (nSPS) is 18.1. The molecule has 6 rings (SSSR count). The van der Waals surface area contributed by atoms with E-state index in [4.69, 9.17) is 14.7 Å². The second-order valence-corrected chi connectivity index (χ2v) is 10.1. The Balaban J connectivity index is 1.32. The lowest BCUT2D eigenvalue weighted by Crippen LogP contribution is -2.36. The minimum Gasteiger partial charge on any atom is -0.394 e. The van der Waals surface area contributed by atoms with E-state index in [1.807, 2.05) is 17.0 Å². The lowest BCUT2D eigenvalue weighted by molar-refractivity contribution is -0.137. The van der Waals surface area contributed by atoms with Gasteiger partial charge in [-0.05, 0) is 54.8 Å². The number of halogens is 3. The molecule has 9 nitrogen and oxygen atoms in total. The molecule has 1 atom stereocenters. The number of anilines is 4. The molecule has 0 spiro atoms. The summed E-state index contributed by atoms with van der Waals surface area (Å²) in [6.07, 6.45) is -0.999. The van der Waals surface area contributed by atoms with Gasteiger partial charge in [0.25, 0.3) is 0 Å². The zero-order chi connectivity index (χ0) is 27.7. The van der Waals surface area contributed by atoms with Crippen molar-refractivity contribution in [1.29, 1.82) is 0 Å². The van der Waals surface area contributed by atoms with E-state index in [1.54, 1.807) is 10.9 Å². The molecule has 4 aromatic rings. The van der Waals surface area contributed by atoms with Crippen molar-refractivity contribution in [3.63, 3.8) is 0 Å². The molecule has 2 N–H and O–H groups in total. The van der Waals surface area contributed by atoms with Crippen molar-refractivity contribution in [2.45, 2.75) is 31.6 Å². The maximum Gasteiger partial charge on any atom is 0.416 e. The molecule has 4 heterocycles. The number of hydrogen-bond acceptors (Lipinski definition) is 8. The molecule has 0 aliphatic carbocycles. The van der Waals surface area contributed by atoms with Crippen molar-refractivity contribution >= 4 is 34.3 Å². The van der Waals surface area contributed by atoms with Gasteiger partial charge in [-0.3, -0.25) is 0 Å². The van der Waals surface area contributed by atoms with E-state index in [0.717, 1.165) is 56.0 Å². The van der Waals surface area contributed by atoms with Crippen LogP contribution in [0.3, 0.4) is 0 Å². The summed E-state index contributed by atoms with van der Waals surface area (Å²) in [5.41, 5.74) is 3.06. The highest BCUT2D eigenvalue weighted by molar-refractivity contribution is 5.87. The number of benzene rings is 2. The maximum atomic E-state index is 13.0. The third kappa shape index (κ3) is 5.41. The van der Waals surface area contributed by atoms with E-state index in [2.05, 4.69) is 27.3 Å². The summed E-state index contributed by atoms with van der Waals surface area (Å²) in [6, 6.07) is 13.1. The molecule has 0 saturated carbocycles. The summed E-state index contributed by atoms with van der Waals surface area (Å²) < 4.78 is 46.3. The van der Waals surface area contributed by atoms with Gasteiger partial charge in [0, 0.05) is 31.0 Å². The summed E-state index contributed by atoms with van der Waals surface area (Å²) in [7, 11) is 0. The molecule has 0 radical (unpaired) electrons. The molecule has 2 saturated heterocycles. The Morgan fingerprint density at radius 2 is 1.73 bits per heavy atom. The molecular formula is C28H30F3N7O2. The quantitative estimate of drug-likeness (QED) is 0.347. The zero-order valence-corrected chi connectivity index (χ0v) is 21.8. The van der Waals surface area contributed by atoms with Crippen LogP contribution in [0.25, 0.3) is 11.2 Å². The van der Waals surface area contributed by atoms with Gasteiger partial charge < -0.3 is 29.5 Å². The number of nitrogens with zero attached hydrogens (tertiary/aromatic N) is 6. The first-order valence-corrected chi connectivity index (χ1v) is 13.4. The topological polar surface area (TPSA) is 91.6 Å². The van der Waals surface area contributed by atoms with Crippen molar-refractivity contribution < 1.29 is 23.0 Å². The Hall–Kier alpha value is -3.90. The highest BCUT2D eigenvalue weighted by atomic mass is 19.4. The van der Waals surface area contributed by atoms with Crippen LogP contribution >= 0.6 is 0 Å². The highest BCUT2D eigenvalue weighted by Crippen LogP contribution is 2.31. The van der Waals surface area contributed by atoms with Crippen LogP contribution in [0.15, 0.2) is 54.9 Å². The predicted octanol–water partition coefficient (Wildman–Crippen LogP) is 4.43. The Morgan fingerprint density at radius 3 is 2.42 bits per heavy atom. The van der Waals surface area contributed by atoms with E-state index < -0.39 is 11.7 Å². The average Bonchev–Trinajstić information content (AvgIpc) is 3.61. The van der Waals surface area contributed by atoms with Crippen LogP contribution in [0.2, 0.25) is 0 Å². The Kier molecular flexibility index (Phi) is 7.20. The largest absolute Gasteiger partial charge is 0.416 e. The molecule has 40 heavy (non-hydrogen) atoms. The maximum absolute atomic E-state index is 13.0. The number of aliphatic hydroxyl groups excluding tert-OH is 1. The number of morpholine rings is 1. The smallest absolute Gasteiger partial charge is 0.394 e. The molecule has 2 aliphatic rings. The van der Waals surface area contributed by atoms with E-state index in [1.165, 1.54) is 12.1 Å².